The Morgan fingerprint density at radius 2 is 1.35 bits per heavy atom. The van der Waals surface area contributed by atoms with E-state index in [1.165, 1.54) is 76.4 Å². The van der Waals surface area contributed by atoms with E-state index in [1.807, 2.05) is 11.8 Å². The van der Waals surface area contributed by atoms with Crippen LogP contribution in [0.4, 0.5) is 11.4 Å². The number of thioether (sulfide) groups is 1. The first-order valence-corrected chi connectivity index (χ1v) is 20.6. The molecule has 54 heavy (non-hydrogen) atoms. The Morgan fingerprint density at radius 1 is 0.685 bits per heavy atom. The third kappa shape index (κ3) is 6.72. The van der Waals surface area contributed by atoms with E-state index in [0.717, 1.165) is 45.2 Å². The number of hydrogen-bond acceptors (Lipinski definition) is 2. The van der Waals surface area contributed by atoms with Crippen molar-refractivity contribution in [3.05, 3.63) is 160 Å². The summed E-state index contributed by atoms with van der Waals surface area (Å²) in [5, 5.41) is 5.33. The van der Waals surface area contributed by atoms with Gasteiger partial charge in [0.2, 0.25) is 5.69 Å². The van der Waals surface area contributed by atoms with E-state index in [0.29, 0.717) is 0 Å². The highest BCUT2D eigenvalue weighted by Crippen LogP contribution is 2.51. The van der Waals surface area contributed by atoms with E-state index in [9.17, 15) is 0 Å². The molecule has 3 aliphatic rings. The zero-order valence-electron chi connectivity index (χ0n) is 32.8. The average Bonchev–Trinajstić information content (AvgIpc) is 3.52. The van der Waals surface area contributed by atoms with Gasteiger partial charge in [-0.3, -0.25) is 0 Å². The molecule has 2 aliphatic heterocycles. The second-order valence-electron chi connectivity index (χ2n) is 16.0. The molecule has 0 N–H and O–H groups in total. The van der Waals surface area contributed by atoms with Gasteiger partial charge in [0, 0.05) is 50.9 Å². The zero-order valence-corrected chi connectivity index (χ0v) is 35.7. The Hall–Kier alpha value is -3.87. The fourth-order valence-corrected chi connectivity index (χ4v) is 10.2. The number of benzene rings is 5. The van der Waals surface area contributed by atoms with Gasteiger partial charge in [-0.05, 0) is 91.3 Å². The molecule has 8 rings (SSSR count). The first kappa shape index (κ1) is 38.4. The van der Waals surface area contributed by atoms with Gasteiger partial charge in [-0.25, -0.2) is 0 Å². The maximum absolute atomic E-state index is 2.62. The zero-order chi connectivity index (χ0) is 36.7. The molecule has 0 spiro atoms. The molecule has 0 fully saturated rings. The third-order valence-corrected chi connectivity index (χ3v) is 13.0. The largest absolute Gasteiger partial charge is 1.00 e. The second-order valence-corrected chi connectivity index (χ2v) is 17.1. The molecule has 2 heterocycles. The van der Waals surface area contributed by atoms with Crippen LogP contribution < -0.4 is 28.9 Å². The van der Waals surface area contributed by atoms with Gasteiger partial charge < -0.3 is 28.9 Å². The van der Waals surface area contributed by atoms with Crippen molar-refractivity contribution >= 4 is 50.4 Å². The summed E-state index contributed by atoms with van der Waals surface area (Å²) < 4.78 is 2.62. The van der Waals surface area contributed by atoms with E-state index in [2.05, 4.69) is 178 Å². The standard InChI is InChI=1S/C50H53N2S.HI/c1-7-33-51-44(49(3,4)42-29-25-35-17-12-14-23-40(35)46(42)51)31-27-37-19-16-20-38(48(37)53-39-21-10-9-11-22-39)28-32-45-50(5,6)43-30-26-36-18-13-15-24-41(36)47(43)52(45)34-8-2;/h9-15,17-18,21-32H,7-8,16,19-20,33-34H2,1-6H3;1H/q+1;/p-1. The van der Waals surface area contributed by atoms with Crippen LogP contribution in [0.15, 0.2) is 154 Å². The lowest BCUT2D eigenvalue weighted by molar-refractivity contribution is -0.436. The molecule has 1 aliphatic carbocycles. The van der Waals surface area contributed by atoms with Gasteiger partial charge >= 0.3 is 0 Å². The molecule has 0 amide bonds. The molecule has 0 saturated heterocycles. The molecule has 4 heteroatoms. The van der Waals surface area contributed by atoms with E-state index in [4.69, 9.17) is 0 Å². The first-order chi connectivity index (χ1) is 25.7. The number of anilines is 1. The van der Waals surface area contributed by atoms with Crippen molar-refractivity contribution < 1.29 is 28.6 Å². The summed E-state index contributed by atoms with van der Waals surface area (Å²) in [6.45, 7) is 16.3. The topological polar surface area (TPSA) is 6.25 Å². The van der Waals surface area contributed by atoms with Crippen LogP contribution in [0.1, 0.15) is 84.8 Å². The number of rotatable bonds is 9. The van der Waals surface area contributed by atoms with Gasteiger partial charge in [0.15, 0.2) is 5.71 Å². The van der Waals surface area contributed by atoms with Crippen molar-refractivity contribution in [3.8, 4) is 0 Å². The van der Waals surface area contributed by atoms with Crippen molar-refractivity contribution in [1.82, 2.24) is 0 Å². The number of nitrogens with zero attached hydrogens (tertiary/aromatic N) is 2. The fourth-order valence-electron chi connectivity index (χ4n) is 9.12. The fraction of sp³-hybridized carbons (Fsp3) is 0.300. The molecule has 0 saturated carbocycles. The number of allylic oxidation sites excluding steroid dienone is 7. The van der Waals surface area contributed by atoms with Crippen LogP contribution in [0.5, 0.6) is 0 Å². The van der Waals surface area contributed by atoms with E-state index in [-0.39, 0.29) is 34.8 Å². The van der Waals surface area contributed by atoms with Crippen LogP contribution >= 0.6 is 11.8 Å². The summed E-state index contributed by atoms with van der Waals surface area (Å²) >= 11 is 1.94. The predicted octanol–water partition coefficient (Wildman–Crippen LogP) is 10.6. The SMILES string of the molecule is CCCN1C(=CC=C2CCCC(C=CC3=[N+](CCC)c4c(ccc5ccccc45)C3(C)C)=C2Sc2ccccc2)C(C)(C)c2ccc3ccccc3c21.[I-]. The number of hydrogen-bond donors (Lipinski definition) is 0. The van der Waals surface area contributed by atoms with Crippen LogP contribution in [-0.2, 0) is 10.8 Å². The Balaban J connectivity index is 0.00000450. The minimum Gasteiger partial charge on any atom is -1.00 e. The molecular weight excluding hydrogens is 788 g/mol. The minimum atomic E-state index is -0.0912. The number of fused-ring (bicyclic) bond motifs is 6. The molecule has 0 bridgehead atoms. The van der Waals surface area contributed by atoms with Crippen molar-refractivity contribution in [2.45, 2.75) is 89.4 Å². The first-order valence-electron chi connectivity index (χ1n) is 19.8. The van der Waals surface area contributed by atoms with E-state index in [1.54, 1.807) is 0 Å². The summed E-state index contributed by atoms with van der Waals surface area (Å²) in [4.78, 5) is 5.33. The molecule has 0 radical (unpaired) electrons. The summed E-state index contributed by atoms with van der Waals surface area (Å²) in [6.07, 6.45) is 15.4. The highest BCUT2D eigenvalue weighted by Gasteiger charge is 2.45. The maximum atomic E-state index is 2.62. The van der Waals surface area contributed by atoms with Gasteiger partial charge in [-0.2, -0.15) is 4.58 Å². The van der Waals surface area contributed by atoms with Gasteiger partial charge in [-0.15, -0.1) is 0 Å². The lowest BCUT2D eigenvalue weighted by Crippen LogP contribution is -3.00. The lowest BCUT2D eigenvalue weighted by atomic mass is 9.80. The quantitative estimate of drug-likeness (QED) is 0.108. The third-order valence-electron chi connectivity index (χ3n) is 11.8. The Kier molecular flexibility index (Phi) is 11.2. The van der Waals surface area contributed by atoms with Crippen molar-refractivity contribution in [3.63, 3.8) is 0 Å². The highest BCUT2D eigenvalue weighted by atomic mass is 127. The van der Waals surface area contributed by atoms with Gasteiger partial charge in [0.1, 0.15) is 6.54 Å². The predicted molar refractivity (Wildman–Crippen MR) is 230 cm³/mol. The van der Waals surface area contributed by atoms with E-state index >= 15 is 0 Å². The van der Waals surface area contributed by atoms with Crippen LogP contribution in [0.2, 0.25) is 0 Å². The molecular formula is C50H53IN2S. The van der Waals surface area contributed by atoms with Crippen LogP contribution in [-0.4, -0.2) is 23.4 Å². The maximum Gasteiger partial charge on any atom is 0.217 e. The van der Waals surface area contributed by atoms with Gasteiger partial charge in [0.05, 0.1) is 16.5 Å². The smallest absolute Gasteiger partial charge is 0.217 e. The summed E-state index contributed by atoms with van der Waals surface area (Å²) in [5.41, 5.74) is 11.1. The summed E-state index contributed by atoms with van der Waals surface area (Å²) in [7, 11) is 0. The summed E-state index contributed by atoms with van der Waals surface area (Å²) in [6, 6.07) is 38.1. The van der Waals surface area contributed by atoms with Crippen molar-refractivity contribution in [1.29, 1.82) is 0 Å². The molecule has 276 valence electrons. The van der Waals surface area contributed by atoms with Gasteiger partial charge in [-0.1, -0.05) is 137 Å². The highest BCUT2D eigenvalue weighted by molar-refractivity contribution is 8.03. The molecule has 0 atom stereocenters. The lowest BCUT2D eigenvalue weighted by Gasteiger charge is -2.27. The Labute approximate surface area is 344 Å². The van der Waals surface area contributed by atoms with Crippen LogP contribution in [0.25, 0.3) is 21.5 Å². The Bertz CT molecular complexity index is 2370. The second kappa shape index (κ2) is 15.7. The molecule has 0 unspecified atom stereocenters. The Morgan fingerprint density at radius 3 is 2.07 bits per heavy atom. The summed E-state index contributed by atoms with van der Waals surface area (Å²) in [5.74, 6) is 0. The normalized spacial score (nSPS) is 19.0. The molecule has 0 aromatic heterocycles. The van der Waals surface area contributed by atoms with E-state index < -0.39 is 0 Å². The molecule has 5 aromatic carbocycles. The van der Waals surface area contributed by atoms with Crippen molar-refractivity contribution in [2.24, 2.45) is 0 Å². The van der Waals surface area contributed by atoms with Gasteiger partial charge in [0.25, 0.3) is 0 Å². The minimum absolute atomic E-state index is 0. The molecule has 5 aromatic rings. The number of halogens is 1. The van der Waals surface area contributed by atoms with Crippen LogP contribution in [0, 0.1) is 0 Å². The van der Waals surface area contributed by atoms with Crippen LogP contribution in [0.3, 0.4) is 0 Å². The average molecular weight is 841 g/mol. The van der Waals surface area contributed by atoms with Crippen molar-refractivity contribution in [2.75, 3.05) is 18.0 Å². The molecule has 2 nitrogen and oxygen atoms in total. The monoisotopic (exact) mass is 840 g/mol.